The predicted octanol–water partition coefficient (Wildman–Crippen LogP) is 2.87. The number of nitrogens with zero attached hydrogens (tertiary/aromatic N) is 3. The van der Waals surface area contributed by atoms with Crippen molar-refractivity contribution in [3.8, 4) is 6.07 Å². The summed E-state index contributed by atoms with van der Waals surface area (Å²) in [6, 6.07) is 5.66. The van der Waals surface area contributed by atoms with Crippen molar-refractivity contribution in [1.82, 2.24) is 4.90 Å². The lowest BCUT2D eigenvalue weighted by atomic mass is 9.97. The van der Waals surface area contributed by atoms with Crippen LogP contribution in [0.4, 0.5) is 11.4 Å². The molecule has 1 heterocycles. The van der Waals surface area contributed by atoms with Gasteiger partial charge in [0.15, 0.2) is 0 Å². The third kappa shape index (κ3) is 5.44. The zero-order chi connectivity index (χ0) is 20.7. The molecular formula is C18H19ClN4O5. The number of rotatable bonds is 6. The van der Waals surface area contributed by atoms with Crippen molar-refractivity contribution in [3.05, 3.63) is 45.1 Å². The zero-order valence-electron chi connectivity index (χ0n) is 15.2. The minimum Gasteiger partial charge on any atom is -0.466 e. The molecule has 2 rings (SSSR count). The van der Waals surface area contributed by atoms with E-state index in [-0.39, 0.29) is 33.9 Å². The molecule has 148 valence electrons. The van der Waals surface area contributed by atoms with Gasteiger partial charge in [-0.1, -0.05) is 11.6 Å². The highest BCUT2D eigenvalue weighted by molar-refractivity contribution is 6.32. The van der Waals surface area contributed by atoms with Gasteiger partial charge in [0.05, 0.1) is 17.4 Å². The third-order valence-electron chi connectivity index (χ3n) is 4.23. The summed E-state index contributed by atoms with van der Waals surface area (Å²) >= 11 is 5.74. The molecule has 0 spiro atoms. The van der Waals surface area contributed by atoms with Crippen LogP contribution in [-0.4, -0.2) is 41.4 Å². The van der Waals surface area contributed by atoms with Crippen LogP contribution >= 0.6 is 11.6 Å². The second kappa shape index (κ2) is 9.71. The third-order valence-corrected chi connectivity index (χ3v) is 4.55. The number of benzene rings is 1. The number of amides is 1. The van der Waals surface area contributed by atoms with E-state index in [1.807, 2.05) is 6.07 Å². The van der Waals surface area contributed by atoms with E-state index < -0.39 is 10.8 Å². The number of carbonyl (C=O) groups excluding carboxylic acids is 2. The van der Waals surface area contributed by atoms with Crippen LogP contribution < -0.4 is 5.32 Å². The van der Waals surface area contributed by atoms with Gasteiger partial charge in [0.2, 0.25) is 0 Å². The first-order valence-electron chi connectivity index (χ1n) is 8.63. The summed E-state index contributed by atoms with van der Waals surface area (Å²) in [7, 11) is 0. The Balaban J connectivity index is 2.02. The lowest BCUT2D eigenvalue weighted by molar-refractivity contribution is -0.384. The number of ether oxygens (including phenoxy) is 1. The minimum absolute atomic E-state index is 0.0523. The average Bonchev–Trinajstić information content (AvgIpc) is 2.67. The normalized spacial score (nSPS) is 14.9. The van der Waals surface area contributed by atoms with Gasteiger partial charge in [0, 0.05) is 31.0 Å². The molecule has 9 nitrogen and oxygen atoms in total. The second-order valence-corrected chi connectivity index (χ2v) is 6.50. The van der Waals surface area contributed by atoms with Crippen LogP contribution in [0, 0.1) is 27.4 Å². The van der Waals surface area contributed by atoms with Crippen molar-refractivity contribution in [2.24, 2.45) is 5.92 Å². The monoisotopic (exact) mass is 406 g/mol. The molecule has 1 saturated heterocycles. The van der Waals surface area contributed by atoms with Gasteiger partial charge in [-0.25, -0.2) is 0 Å². The Labute approximate surface area is 166 Å². The summed E-state index contributed by atoms with van der Waals surface area (Å²) < 4.78 is 5.01. The lowest BCUT2D eigenvalue weighted by Crippen LogP contribution is -2.34. The number of likely N-dealkylation sites (tertiary alicyclic amines) is 1. The highest BCUT2D eigenvalue weighted by Gasteiger charge is 2.25. The molecule has 0 aliphatic carbocycles. The average molecular weight is 407 g/mol. The number of nitro benzene ring substituents is 1. The molecule has 1 aromatic rings. The number of halogens is 1. The van der Waals surface area contributed by atoms with Crippen LogP contribution in [0.2, 0.25) is 5.02 Å². The Morgan fingerprint density at radius 3 is 2.71 bits per heavy atom. The smallest absolute Gasteiger partial charge is 0.309 e. The fourth-order valence-electron chi connectivity index (χ4n) is 2.77. The Kier molecular flexibility index (Phi) is 7.35. The van der Waals surface area contributed by atoms with E-state index in [9.17, 15) is 25.0 Å². The number of nitrogens with one attached hydrogen (secondary N) is 1. The van der Waals surface area contributed by atoms with Crippen molar-refractivity contribution in [1.29, 1.82) is 5.26 Å². The van der Waals surface area contributed by atoms with E-state index in [1.54, 1.807) is 11.8 Å². The zero-order valence-corrected chi connectivity index (χ0v) is 15.9. The largest absolute Gasteiger partial charge is 0.466 e. The first kappa shape index (κ1) is 21.2. The van der Waals surface area contributed by atoms with Gasteiger partial charge in [-0.2, -0.15) is 5.26 Å². The standard InChI is InChI=1S/C18H19ClN4O5/c1-2-28-18(25)12-5-7-22(8-6-12)11-13(10-20)17(24)21-14-3-4-15(19)16(9-14)23(26)27/h3-4,9,11-12H,2,5-8H2,1H3,(H,21,24)/b13-11-. The SMILES string of the molecule is CCOC(=O)C1CCN(/C=C(/C#N)C(=O)Nc2ccc(Cl)c([N+](=O)[O-])c2)CC1. The number of anilines is 1. The summed E-state index contributed by atoms with van der Waals surface area (Å²) in [4.78, 5) is 36.2. The van der Waals surface area contributed by atoms with Gasteiger partial charge in [0.25, 0.3) is 11.6 Å². The van der Waals surface area contributed by atoms with Crippen LogP contribution in [0.1, 0.15) is 19.8 Å². The molecule has 1 aliphatic rings. The number of piperidine rings is 1. The number of hydrogen-bond donors (Lipinski definition) is 1. The maximum atomic E-state index is 12.3. The van der Waals surface area contributed by atoms with Gasteiger partial charge >= 0.3 is 5.97 Å². The van der Waals surface area contributed by atoms with E-state index in [2.05, 4.69) is 5.32 Å². The predicted molar refractivity (Wildman–Crippen MR) is 101 cm³/mol. The van der Waals surface area contributed by atoms with E-state index in [0.29, 0.717) is 32.5 Å². The van der Waals surface area contributed by atoms with Crippen molar-refractivity contribution in [3.63, 3.8) is 0 Å². The van der Waals surface area contributed by atoms with Gasteiger partial charge in [-0.05, 0) is 31.9 Å². The number of esters is 1. The second-order valence-electron chi connectivity index (χ2n) is 6.09. The van der Waals surface area contributed by atoms with Crippen LogP contribution in [0.15, 0.2) is 30.0 Å². The van der Waals surface area contributed by atoms with Crippen LogP contribution in [0.3, 0.4) is 0 Å². The minimum atomic E-state index is -0.688. The van der Waals surface area contributed by atoms with Crippen molar-refractivity contribution < 1.29 is 19.2 Å². The van der Waals surface area contributed by atoms with Gasteiger partial charge in [-0.15, -0.1) is 0 Å². The topological polar surface area (TPSA) is 126 Å². The summed E-state index contributed by atoms with van der Waals surface area (Å²) in [5.74, 6) is -1.10. The van der Waals surface area contributed by atoms with Crippen molar-refractivity contribution >= 4 is 34.9 Å². The fourth-order valence-corrected chi connectivity index (χ4v) is 2.96. The van der Waals surface area contributed by atoms with Crippen LogP contribution in [0.25, 0.3) is 0 Å². The first-order chi connectivity index (χ1) is 13.3. The molecule has 0 unspecified atom stereocenters. The highest BCUT2D eigenvalue weighted by Crippen LogP contribution is 2.27. The Morgan fingerprint density at radius 1 is 1.46 bits per heavy atom. The van der Waals surface area contributed by atoms with Crippen molar-refractivity contribution in [2.75, 3.05) is 25.0 Å². The Bertz CT molecular complexity index is 841. The molecule has 0 atom stereocenters. The van der Waals surface area contributed by atoms with Crippen molar-refractivity contribution in [2.45, 2.75) is 19.8 Å². The number of hydrogen-bond acceptors (Lipinski definition) is 7. The highest BCUT2D eigenvalue weighted by atomic mass is 35.5. The molecule has 1 fully saturated rings. The number of carbonyl (C=O) groups is 2. The number of nitro groups is 1. The summed E-state index contributed by atoms with van der Waals surface area (Å²) in [6.45, 7) is 3.10. The molecule has 1 N–H and O–H groups in total. The molecule has 10 heteroatoms. The fraction of sp³-hybridized carbons (Fsp3) is 0.389. The van der Waals surface area contributed by atoms with Crippen LogP contribution in [0.5, 0.6) is 0 Å². The maximum absolute atomic E-state index is 12.3. The maximum Gasteiger partial charge on any atom is 0.309 e. The molecule has 1 aliphatic heterocycles. The lowest BCUT2D eigenvalue weighted by Gasteiger charge is -2.30. The van der Waals surface area contributed by atoms with E-state index in [4.69, 9.17) is 16.3 Å². The summed E-state index contributed by atoms with van der Waals surface area (Å²) in [5.41, 5.74) is -0.335. The molecule has 1 aromatic carbocycles. The van der Waals surface area contributed by atoms with E-state index in [1.165, 1.54) is 18.3 Å². The quantitative estimate of drug-likeness (QED) is 0.253. The van der Waals surface area contributed by atoms with E-state index >= 15 is 0 Å². The van der Waals surface area contributed by atoms with Gasteiger partial charge in [-0.3, -0.25) is 19.7 Å². The first-order valence-corrected chi connectivity index (χ1v) is 9.01. The van der Waals surface area contributed by atoms with Gasteiger partial charge < -0.3 is 15.0 Å². The van der Waals surface area contributed by atoms with E-state index in [0.717, 1.165) is 6.07 Å². The molecular weight excluding hydrogens is 388 g/mol. The number of nitriles is 1. The summed E-state index contributed by atoms with van der Waals surface area (Å²) in [5, 5.41) is 22.6. The molecule has 1 amide bonds. The van der Waals surface area contributed by atoms with Gasteiger partial charge in [0.1, 0.15) is 16.7 Å². The van der Waals surface area contributed by atoms with Crippen LogP contribution in [-0.2, 0) is 14.3 Å². The molecule has 0 aromatic heterocycles. The molecule has 0 radical (unpaired) electrons. The molecule has 28 heavy (non-hydrogen) atoms. The Hall–Kier alpha value is -3.12. The molecule has 0 saturated carbocycles. The Morgan fingerprint density at radius 2 is 2.14 bits per heavy atom. The molecule has 0 bridgehead atoms. The summed E-state index contributed by atoms with van der Waals surface area (Å²) in [6.07, 6.45) is 2.57.